The van der Waals surface area contributed by atoms with Gasteiger partial charge in [0, 0.05) is 19.6 Å². The smallest absolute Gasteiger partial charge is 0.396 e. The van der Waals surface area contributed by atoms with Crippen LogP contribution in [0.25, 0.3) is 0 Å². The van der Waals surface area contributed by atoms with E-state index in [1.165, 1.54) is 77.0 Å². The van der Waals surface area contributed by atoms with Gasteiger partial charge in [-0.1, -0.05) is 122 Å². The van der Waals surface area contributed by atoms with Gasteiger partial charge >= 0.3 is 7.82 Å². The fourth-order valence-electron chi connectivity index (χ4n) is 4.99. The largest absolute Gasteiger partial charge is 0.472 e. The summed E-state index contributed by atoms with van der Waals surface area (Å²) < 4.78 is 29.2. The van der Waals surface area contributed by atoms with E-state index in [9.17, 15) is 14.3 Å². The molecular formula is C34H72N2O7P+. The highest BCUT2D eigenvalue weighted by atomic mass is 31.2. The summed E-state index contributed by atoms with van der Waals surface area (Å²) >= 11 is 0. The number of likely N-dealkylation sites (N-methyl/N-ethyl adjacent to an activating group) is 1. The van der Waals surface area contributed by atoms with Crippen LogP contribution in [-0.2, 0) is 23.1 Å². The van der Waals surface area contributed by atoms with Crippen LogP contribution in [-0.4, -0.2) is 87.2 Å². The number of ether oxygens (including phenoxy) is 1. The average molecular weight is 652 g/mol. The molecule has 0 aromatic rings. The second-order valence-corrected chi connectivity index (χ2v) is 14.9. The molecule has 0 aliphatic heterocycles. The summed E-state index contributed by atoms with van der Waals surface area (Å²) in [6.07, 6.45) is 25.6. The Morgan fingerprint density at radius 1 is 0.682 bits per heavy atom. The molecule has 0 fully saturated rings. The molecule has 2 unspecified atom stereocenters. The van der Waals surface area contributed by atoms with Crippen molar-refractivity contribution in [2.75, 3.05) is 60.7 Å². The van der Waals surface area contributed by atoms with E-state index in [0.717, 1.165) is 57.8 Å². The third-order valence-corrected chi connectivity index (χ3v) is 8.83. The van der Waals surface area contributed by atoms with Gasteiger partial charge in [0.25, 0.3) is 0 Å². The SMILES string of the molecule is CCCCCCCCCCCCCCCCOCC(COP(=O)(O)OCC[N+](C)(C)C)NC(=O)CCCCCCCCCO. The van der Waals surface area contributed by atoms with Gasteiger partial charge in [0.05, 0.1) is 40.4 Å². The van der Waals surface area contributed by atoms with Gasteiger partial charge in [-0.3, -0.25) is 13.8 Å². The first-order valence-corrected chi connectivity index (χ1v) is 19.5. The molecule has 44 heavy (non-hydrogen) atoms. The van der Waals surface area contributed by atoms with E-state index in [2.05, 4.69) is 12.2 Å². The molecule has 0 bridgehead atoms. The molecule has 264 valence electrons. The van der Waals surface area contributed by atoms with E-state index in [4.69, 9.17) is 18.9 Å². The number of aliphatic hydroxyl groups is 1. The number of aliphatic hydroxyl groups excluding tert-OH is 1. The molecule has 2 atom stereocenters. The van der Waals surface area contributed by atoms with Gasteiger partial charge < -0.3 is 24.5 Å². The molecular weight excluding hydrogens is 579 g/mol. The van der Waals surface area contributed by atoms with Gasteiger partial charge in [-0.05, 0) is 19.3 Å². The van der Waals surface area contributed by atoms with E-state index >= 15 is 0 Å². The van der Waals surface area contributed by atoms with E-state index < -0.39 is 13.9 Å². The molecule has 0 aromatic heterocycles. The first-order chi connectivity index (χ1) is 21.1. The summed E-state index contributed by atoms with van der Waals surface area (Å²) in [4.78, 5) is 22.7. The lowest BCUT2D eigenvalue weighted by Gasteiger charge is -2.24. The number of phosphoric ester groups is 1. The third kappa shape index (κ3) is 32.8. The van der Waals surface area contributed by atoms with Crippen molar-refractivity contribution in [3.05, 3.63) is 0 Å². The van der Waals surface area contributed by atoms with Crippen molar-refractivity contribution in [1.82, 2.24) is 5.32 Å². The minimum Gasteiger partial charge on any atom is -0.396 e. The molecule has 0 saturated heterocycles. The summed E-state index contributed by atoms with van der Waals surface area (Å²) in [6, 6.07) is -0.518. The quantitative estimate of drug-likeness (QED) is 0.0368. The molecule has 9 nitrogen and oxygen atoms in total. The Kier molecular flexibility index (Phi) is 29.5. The van der Waals surface area contributed by atoms with Gasteiger partial charge in [0.15, 0.2) is 0 Å². The van der Waals surface area contributed by atoms with Crippen molar-refractivity contribution in [2.24, 2.45) is 0 Å². The van der Waals surface area contributed by atoms with Crippen LogP contribution in [0.4, 0.5) is 0 Å². The Labute approximate surface area is 271 Å². The zero-order valence-electron chi connectivity index (χ0n) is 29.2. The molecule has 0 aromatic carbocycles. The second-order valence-electron chi connectivity index (χ2n) is 13.5. The topological polar surface area (TPSA) is 114 Å². The summed E-state index contributed by atoms with van der Waals surface area (Å²) in [6.45, 7) is 3.87. The maximum absolute atomic E-state index is 12.6. The van der Waals surface area contributed by atoms with Crippen molar-refractivity contribution in [2.45, 2.75) is 154 Å². The molecule has 0 rings (SSSR count). The van der Waals surface area contributed by atoms with Crippen LogP contribution in [0.3, 0.4) is 0 Å². The molecule has 0 radical (unpaired) electrons. The maximum atomic E-state index is 12.6. The Balaban J connectivity index is 4.24. The second kappa shape index (κ2) is 29.8. The highest BCUT2D eigenvalue weighted by Gasteiger charge is 2.25. The fraction of sp³-hybridized carbons (Fsp3) is 0.971. The van der Waals surface area contributed by atoms with E-state index in [1.54, 1.807) is 0 Å². The highest BCUT2D eigenvalue weighted by Crippen LogP contribution is 2.43. The number of quaternary nitrogens is 1. The van der Waals surface area contributed by atoms with Gasteiger partial charge in [0.2, 0.25) is 5.91 Å². The van der Waals surface area contributed by atoms with Gasteiger partial charge in [-0.25, -0.2) is 4.57 Å². The number of nitrogens with one attached hydrogen (secondary N) is 1. The summed E-state index contributed by atoms with van der Waals surface area (Å²) in [7, 11) is 1.70. The minimum absolute atomic E-state index is 0.0994. The molecule has 0 aliphatic carbocycles. The van der Waals surface area contributed by atoms with Gasteiger partial charge in [0.1, 0.15) is 13.2 Å². The molecule has 3 N–H and O–H groups in total. The Morgan fingerprint density at radius 2 is 1.16 bits per heavy atom. The maximum Gasteiger partial charge on any atom is 0.472 e. The van der Waals surface area contributed by atoms with Gasteiger partial charge in [-0.2, -0.15) is 0 Å². The molecule has 1 amide bonds. The number of nitrogens with zero attached hydrogens (tertiary/aromatic N) is 1. The molecule has 0 aliphatic rings. The first-order valence-electron chi connectivity index (χ1n) is 18.0. The van der Waals surface area contributed by atoms with Crippen molar-refractivity contribution in [3.8, 4) is 0 Å². The first kappa shape index (κ1) is 43.5. The highest BCUT2D eigenvalue weighted by molar-refractivity contribution is 7.47. The number of hydrogen-bond acceptors (Lipinski definition) is 6. The van der Waals surface area contributed by atoms with Crippen LogP contribution in [0.5, 0.6) is 0 Å². The number of carbonyl (C=O) groups is 1. The standard InChI is InChI=1S/C34H71N2O7P/c1-5-6-7-8-9-10-11-12-13-14-15-19-22-25-29-41-31-33(32-43-44(39,40)42-30-27-36(2,3)4)35-34(38)26-23-20-17-16-18-21-24-28-37/h33,37H,5-32H2,1-4H3,(H-,35,38,39,40)/p+1. The number of amides is 1. The van der Waals surface area contributed by atoms with Crippen LogP contribution in [0.15, 0.2) is 0 Å². The molecule has 0 spiro atoms. The molecule has 0 heterocycles. The number of phosphoric acid groups is 1. The van der Waals surface area contributed by atoms with Crippen molar-refractivity contribution in [3.63, 3.8) is 0 Å². The Morgan fingerprint density at radius 3 is 1.66 bits per heavy atom. The van der Waals surface area contributed by atoms with Crippen LogP contribution in [0, 0.1) is 0 Å². The Hall–Kier alpha value is -0.540. The third-order valence-electron chi connectivity index (χ3n) is 7.84. The summed E-state index contributed by atoms with van der Waals surface area (Å²) in [5.41, 5.74) is 0. The Bertz CT molecular complexity index is 691. The zero-order chi connectivity index (χ0) is 32.8. The number of hydrogen-bond donors (Lipinski definition) is 3. The lowest BCUT2D eigenvalue weighted by atomic mass is 10.0. The normalized spacial score (nSPS) is 14.0. The number of unbranched alkanes of at least 4 members (excludes halogenated alkanes) is 19. The predicted octanol–water partition coefficient (Wildman–Crippen LogP) is 7.92. The van der Waals surface area contributed by atoms with E-state index in [0.29, 0.717) is 24.1 Å². The fourth-order valence-corrected chi connectivity index (χ4v) is 5.74. The number of rotatable bonds is 34. The van der Waals surface area contributed by atoms with Crippen molar-refractivity contribution in [1.29, 1.82) is 0 Å². The van der Waals surface area contributed by atoms with Crippen LogP contribution in [0.2, 0.25) is 0 Å². The van der Waals surface area contributed by atoms with Crippen molar-refractivity contribution >= 4 is 13.7 Å². The van der Waals surface area contributed by atoms with Crippen LogP contribution >= 0.6 is 7.82 Å². The van der Waals surface area contributed by atoms with E-state index in [1.807, 2.05) is 21.1 Å². The minimum atomic E-state index is -4.23. The zero-order valence-corrected chi connectivity index (χ0v) is 30.1. The van der Waals surface area contributed by atoms with Gasteiger partial charge in [-0.15, -0.1) is 0 Å². The predicted molar refractivity (Wildman–Crippen MR) is 182 cm³/mol. The summed E-state index contributed by atoms with van der Waals surface area (Å²) in [5.74, 6) is -0.0994. The van der Waals surface area contributed by atoms with E-state index in [-0.39, 0.29) is 32.3 Å². The van der Waals surface area contributed by atoms with Crippen molar-refractivity contribution < 1.29 is 37.6 Å². The molecule has 10 heteroatoms. The molecule has 0 saturated carbocycles. The monoisotopic (exact) mass is 652 g/mol. The number of carbonyl (C=O) groups excluding carboxylic acids is 1. The lowest BCUT2D eigenvalue weighted by molar-refractivity contribution is -0.870. The van der Waals surface area contributed by atoms with Crippen LogP contribution in [0.1, 0.15) is 148 Å². The summed E-state index contributed by atoms with van der Waals surface area (Å²) in [5, 5.41) is 11.8. The lowest BCUT2D eigenvalue weighted by Crippen LogP contribution is -2.41. The average Bonchev–Trinajstić information content (AvgIpc) is 2.96. The van der Waals surface area contributed by atoms with Crippen LogP contribution < -0.4 is 5.32 Å².